The quantitative estimate of drug-likeness (QED) is 0.458. The number of carbonyl (C=O) groups is 1. The molecule has 146 valence electrons. The molecule has 1 heterocycles. The lowest BCUT2D eigenvalue weighted by Gasteiger charge is -2.23. The van der Waals surface area contributed by atoms with Gasteiger partial charge in [0.1, 0.15) is 11.5 Å². The fraction of sp³-hybridized carbons (Fsp3) is 0.227. The summed E-state index contributed by atoms with van der Waals surface area (Å²) >= 11 is 3.20. The van der Waals surface area contributed by atoms with E-state index in [9.17, 15) is 4.79 Å². The SMILES string of the molecule is COc1ccc(SCC(=O)N(Cc2cccs2)Cc2ccccc2OC)cc1. The van der Waals surface area contributed by atoms with Crippen molar-refractivity contribution in [2.75, 3.05) is 20.0 Å². The zero-order valence-corrected chi connectivity index (χ0v) is 17.6. The highest BCUT2D eigenvalue weighted by atomic mass is 32.2. The van der Waals surface area contributed by atoms with E-state index in [1.54, 1.807) is 25.6 Å². The molecule has 0 saturated carbocycles. The van der Waals surface area contributed by atoms with Crippen molar-refractivity contribution in [3.05, 3.63) is 76.5 Å². The van der Waals surface area contributed by atoms with Gasteiger partial charge in [0, 0.05) is 21.9 Å². The van der Waals surface area contributed by atoms with E-state index >= 15 is 0 Å². The Morgan fingerprint density at radius 1 is 0.964 bits per heavy atom. The average Bonchev–Trinajstić information content (AvgIpc) is 3.25. The minimum Gasteiger partial charge on any atom is -0.497 e. The molecular weight excluding hydrogens is 390 g/mol. The second kappa shape index (κ2) is 10.2. The molecule has 2 aromatic carbocycles. The summed E-state index contributed by atoms with van der Waals surface area (Å²) in [6.07, 6.45) is 0. The van der Waals surface area contributed by atoms with Gasteiger partial charge in [-0.1, -0.05) is 24.3 Å². The van der Waals surface area contributed by atoms with Gasteiger partial charge in [-0.05, 0) is 41.8 Å². The Morgan fingerprint density at radius 3 is 2.43 bits per heavy atom. The first kappa shape index (κ1) is 20.3. The molecule has 28 heavy (non-hydrogen) atoms. The molecular formula is C22H23NO3S2. The molecule has 0 unspecified atom stereocenters. The third-order valence-electron chi connectivity index (χ3n) is 4.25. The molecule has 0 radical (unpaired) electrons. The smallest absolute Gasteiger partial charge is 0.233 e. The molecule has 4 nitrogen and oxygen atoms in total. The molecule has 0 saturated heterocycles. The van der Waals surface area contributed by atoms with E-state index in [0.29, 0.717) is 18.8 Å². The molecule has 1 amide bonds. The molecule has 6 heteroatoms. The van der Waals surface area contributed by atoms with E-state index in [4.69, 9.17) is 9.47 Å². The second-order valence-electron chi connectivity index (χ2n) is 6.11. The highest BCUT2D eigenvalue weighted by Gasteiger charge is 2.17. The summed E-state index contributed by atoms with van der Waals surface area (Å²) in [5.41, 5.74) is 1.00. The molecule has 0 aliphatic heterocycles. The molecule has 0 aliphatic rings. The van der Waals surface area contributed by atoms with Crippen LogP contribution in [0.25, 0.3) is 0 Å². The third kappa shape index (κ3) is 5.53. The number of thioether (sulfide) groups is 1. The number of benzene rings is 2. The molecule has 0 spiro atoms. The maximum Gasteiger partial charge on any atom is 0.233 e. The first-order valence-electron chi connectivity index (χ1n) is 8.88. The van der Waals surface area contributed by atoms with Crippen molar-refractivity contribution in [2.45, 2.75) is 18.0 Å². The average molecular weight is 414 g/mol. The molecule has 3 rings (SSSR count). The van der Waals surface area contributed by atoms with Crippen molar-refractivity contribution in [3.8, 4) is 11.5 Å². The molecule has 1 aromatic heterocycles. The lowest BCUT2D eigenvalue weighted by molar-refractivity contribution is -0.129. The molecule has 0 fully saturated rings. The highest BCUT2D eigenvalue weighted by Crippen LogP contribution is 2.25. The van der Waals surface area contributed by atoms with Crippen LogP contribution in [0.3, 0.4) is 0 Å². The largest absolute Gasteiger partial charge is 0.497 e. The topological polar surface area (TPSA) is 38.8 Å². The van der Waals surface area contributed by atoms with Crippen LogP contribution in [0, 0.1) is 0 Å². The van der Waals surface area contributed by atoms with Crippen molar-refractivity contribution in [2.24, 2.45) is 0 Å². The van der Waals surface area contributed by atoms with Gasteiger partial charge in [0.15, 0.2) is 0 Å². The van der Waals surface area contributed by atoms with E-state index in [1.807, 2.05) is 64.9 Å². The Hall–Kier alpha value is -2.44. The lowest BCUT2D eigenvalue weighted by atomic mass is 10.2. The predicted octanol–water partition coefficient (Wildman–Crippen LogP) is 5.09. The van der Waals surface area contributed by atoms with Crippen LogP contribution in [0.1, 0.15) is 10.4 Å². The van der Waals surface area contributed by atoms with E-state index in [-0.39, 0.29) is 5.91 Å². The van der Waals surface area contributed by atoms with Crippen molar-refractivity contribution in [3.63, 3.8) is 0 Å². The van der Waals surface area contributed by atoms with Crippen molar-refractivity contribution in [1.29, 1.82) is 0 Å². The Labute approximate surface area is 174 Å². The molecule has 0 atom stereocenters. The fourth-order valence-corrected chi connectivity index (χ4v) is 4.29. The number of amides is 1. The first-order valence-corrected chi connectivity index (χ1v) is 10.7. The van der Waals surface area contributed by atoms with Gasteiger partial charge in [0.25, 0.3) is 0 Å². The van der Waals surface area contributed by atoms with E-state index < -0.39 is 0 Å². The van der Waals surface area contributed by atoms with Crippen LogP contribution in [-0.4, -0.2) is 30.8 Å². The lowest BCUT2D eigenvalue weighted by Crippen LogP contribution is -2.31. The number of methoxy groups -OCH3 is 2. The monoisotopic (exact) mass is 413 g/mol. The Balaban J connectivity index is 1.70. The van der Waals surface area contributed by atoms with Crippen molar-refractivity contribution < 1.29 is 14.3 Å². The van der Waals surface area contributed by atoms with Gasteiger partial charge in [0.2, 0.25) is 5.91 Å². The number of hydrogen-bond donors (Lipinski definition) is 0. The standard InChI is InChI=1S/C22H23NO3S2/c1-25-18-9-11-19(12-10-18)28-16-22(24)23(15-20-7-5-13-27-20)14-17-6-3-4-8-21(17)26-2/h3-13H,14-16H2,1-2H3. The molecule has 0 N–H and O–H groups in total. The van der Waals surface area contributed by atoms with Gasteiger partial charge in [-0.15, -0.1) is 23.1 Å². The number of thiophene rings is 1. The van der Waals surface area contributed by atoms with E-state index in [2.05, 4.69) is 6.07 Å². The van der Waals surface area contributed by atoms with Crippen LogP contribution >= 0.6 is 23.1 Å². The van der Waals surface area contributed by atoms with Gasteiger partial charge >= 0.3 is 0 Å². The number of hydrogen-bond acceptors (Lipinski definition) is 5. The minimum atomic E-state index is 0.0973. The Kier molecular flexibility index (Phi) is 7.39. The normalized spacial score (nSPS) is 10.5. The Bertz CT molecular complexity index is 879. The van der Waals surface area contributed by atoms with E-state index in [1.165, 1.54) is 11.8 Å². The van der Waals surface area contributed by atoms with Crippen LogP contribution in [0.2, 0.25) is 0 Å². The maximum absolute atomic E-state index is 13.0. The molecule has 3 aromatic rings. The zero-order chi connectivity index (χ0) is 19.8. The van der Waals surface area contributed by atoms with Crippen LogP contribution in [0.5, 0.6) is 11.5 Å². The van der Waals surface area contributed by atoms with Crippen LogP contribution in [0.4, 0.5) is 0 Å². The summed E-state index contributed by atoms with van der Waals surface area (Å²) in [7, 11) is 3.30. The van der Waals surface area contributed by atoms with Gasteiger partial charge < -0.3 is 14.4 Å². The van der Waals surface area contributed by atoms with E-state index in [0.717, 1.165) is 26.8 Å². The summed E-state index contributed by atoms with van der Waals surface area (Å²) in [4.78, 5) is 17.1. The number of carbonyl (C=O) groups excluding carboxylic acids is 1. The van der Waals surface area contributed by atoms with Crippen molar-refractivity contribution in [1.82, 2.24) is 4.90 Å². The number of rotatable bonds is 9. The summed E-state index contributed by atoms with van der Waals surface area (Å²) in [6.45, 7) is 1.11. The summed E-state index contributed by atoms with van der Waals surface area (Å²) in [5.74, 6) is 2.09. The highest BCUT2D eigenvalue weighted by molar-refractivity contribution is 8.00. The van der Waals surface area contributed by atoms with Crippen LogP contribution < -0.4 is 9.47 Å². The van der Waals surface area contributed by atoms with Gasteiger partial charge in [-0.25, -0.2) is 0 Å². The summed E-state index contributed by atoms with van der Waals surface area (Å²) < 4.78 is 10.6. The number of ether oxygens (including phenoxy) is 2. The minimum absolute atomic E-state index is 0.0973. The fourth-order valence-electron chi connectivity index (χ4n) is 2.77. The third-order valence-corrected chi connectivity index (χ3v) is 6.11. The van der Waals surface area contributed by atoms with Gasteiger partial charge in [0.05, 0.1) is 26.5 Å². The number of para-hydroxylation sites is 1. The second-order valence-corrected chi connectivity index (χ2v) is 8.19. The first-order chi connectivity index (χ1) is 13.7. The summed E-state index contributed by atoms with van der Waals surface area (Å²) in [5, 5.41) is 2.03. The van der Waals surface area contributed by atoms with Gasteiger partial charge in [-0.3, -0.25) is 4.79 Å². The number of nitrogens with zero attached hydrogens (tertiary/aromatic N) is 1. The maximum atomic E-state index is 13.0. The van der Waals surface area contributed by atoms with Crippen LogP contribution in [0.15, 0.2) is 70.9 Å². The predicted molar refractivity (Wildman–Crippen MR) is 115 cm³/mol. The molecule has 0 aliphatic carbocycles. The molecule has 0 bridgehead atoms. The Morgan fingerprint density at radius 2 is 1.75 bits per heavy atom. The van der Waals surface area contributed by atoms with Crippen LogP contribution in [-0.2, 0) is 17.9 Å². The zero-order valence-electron chi connectivity index (χ0n) is 16.0. The van der Waals surface area contributed by atoms with Gasteiger partial charge in [-0.2, -0.15) is 0 Å². The summed E-state index contributed by atoms with van der Waals surface area (Å²) in [6, 6.07) is 19.7. The van der Waals surface area contributed by atoms with Crippen molar-refractivity contribution >= 4 is 29.0 Å².